The topological polar surface area (TPSA) is 202 Å². The van der Waals surface area contributed by atoms with E-state index in [1.807, 2.05) is 29.6 Å². The molecule has 1 aromatic rings. The number of hydrogen-bond acceptors (Lipinski definition) is 8. The van der Waals surface area contributed by atoms with E-state index in [4.69, 9.17) is 15.3 Å². The number of likely N-dealkylation sites (N-methyl/N-ethyl adjacent to an activating group) is 1. The maximum atomic E-state index is 12.1. The number of urea groups is 1. The van der Waals surface area contributed by atoms with Crippen LogP contribution in [-0.4, -0.2) is 96.1 Å². The van der Waals surface area contributed by atoms with Gasteiger partial charge in [-0.25, -0.2) is 9.59 Å². The van der Waals surface area contributed by atoms with E-state index >= 15 is 0 Å². The Balaban J connectivity index is 0. The van der Waals surface area contributed by atoms with Crippen molar-refractivity contribution < 1.29 is 67.3 Å². The number of nitrogens with zero attached hydrogens (tertiary/aromatic N) is 1. The second kappa shape index (κ2) is 25.2. The molecule has 6 N–H and O–H groups in total. The van der Waals surface area contributed by atoms with Crippen LogP contribution in [0.2, 0.25) is 0 Å². The molecule has 1 unspecified atom stereocenters. The number of carboxylic acids is 2. The van der Waals surface area contributed by atoms with Gasteiger partial charge in [0.15, 0.2) is 0 Å². The second-order valence-corrected chi connectivity index (χ2v) is 10.4. The van der Waals surface area contributed by atoms with Crippen LogP contribution in [0.4, 0.5) is 4.79 Å². The van der Waals surface area contributed by atoms with E-state index in [1.165, 1.54) is 4.90 Å². The number of benzene rings is 1. The minimum Gasteiger partial charge on any atom is -0.481 e. The number of nitrogens with one attached hydrogen (secondary N) is 3. The Kier molecular flexibility index (Phi) is 24.8. The van der Waals surface area contributed by atoms with Crippen LogP contribution in [0.1, 0.15) is 44.6 Å². The molecule has 1 rings (SSSR count). The van der Waals surface area contributed by atoms with E-state index < -0.39 is 24.0 Å². The van der Waals surface area contributed by atoms with E-state index in [-0.39, 0.29) is 31.2 Å². The van der Waals surface area contributed by atoms with Crippen molar-refractivity contribution in [3.63, 3.8) is 0 Å². The van der Waals surface area contributed by atoms with Crippen molar-refractivity contribution in [1.82, 2.24) is 20.9 Å². The molecule has 0 saturated carbocycles. The summed E-state index contributed by atoms with van der Waals surface area (Å²) in [6.07, 6.45) is 2.64. The Morgan fingerprint density at radius 1 is 1.05 bits per heavy atom. The van der Waals surface area contributed by atoms with Crippen molar-refractivity contribution in [2.75, 3.05) is 33.8 Å². The van der Waals surface area contributed by atoms with Gasteiger partial charge >= 0.3 is 143 Å². The number of hydrogen-bond donors (Lipinski definition) is 6. The normalized spacial score (nSPS) is 10.3. The molecule has 226 valence electrons. The van der Waals surface area contributed by atoms with Crippen LogP contribution >= 0.6 is 8.52 Å². The maximum Gasteiger partial charge on any atom is 0.326 e. The fraction of sp³-hybridized carbons (Fsp3) is 0.520. The van der Waals surface area contributed by atoms with Crippen LogP contribution in [-0.2, 0) is 30.4 Å². The van der Waals surface area contributed by atoms with Gasteiger partial charge in [0, 0.05) is 20.1 Å². The Hall–Kier alpha value is -2.77. The summed E-state index contributed by atoms with van der Waals surface area (Å²) in [5, 5.41) is 31.0. The van der Waals surface area contributed by atoms with Gasteiger partial charge in [0.1, 0.15) is 12.3 Å². The van der Waals surface area contributed by atoms with Crippen LogP contribution < -0.4 is 16.0 Å². The minimum absolute atomic E-state index is 0.0130. The maximum absolute atomic E-state index is 12.1. The number of unbranched alkanes of at least 4 members (excludes halogenated alkanes) is 1. The molecule has 0 radical (unpaired) electrons. The van der Waals surface area contributed by atoms with Crippen molar-refractivity contribution in [1.29, 1.82) is 0 Å². The van der Waals surface area contributed by atoms with E-state index in [1.54, 1.807) is 43.7 Å². The summed E-state index contributed by atoms with van der Waals surface area (Å²) in [5.74, 6) is -2.43. The van der Waals surface area contributed by atoms with E-state index in [0.29, 0.717) is 25.7 Å². The molecule has 0 heterocycles. The first-order valence-electron chi connectivity index (χ1n) is 12.3. The summed E-state index contributed by atoms with van der Waals surface area (Å²) < 4.78 is 0. The SMILES string of the molecule is CCCCNC(=O)CCN(C)C(=O)Cc1ccc(S[At])cc1.CO.O=CCNC(=O)NC(CCC(=O)O)C(=O)O. The number of carbonyl (C=O) groups is 6. The fourth-order valence-electron chi connectivity index (χ4n) is 2.72. The van der Waals surface area contributed by atoms with E-state index in [0.717, 1.165) is 32.1 Å². The van der Waals surface area contributed by atoms with Crippen molar-refractivity contribution >= 4 is 44.6 Å². The van der Waals surface area contributed by atoms with E-state index in [2.05, 4.69) is 17.6 Å². The predicted molar refractivity (Wildman–Crippen MR) is 145 cm³/mol. The number of rotatable bonds is 16. The fourth-order valence-corrected chi connectivity index (χ4v) is 4.16. The van der Waals surface area contributed by atoms with Gasteiger partial charge in [-0.05, 0) is 12.8 Å². The van der Waals surface area contributed by atoms with Crippen molar-refractivity contribution in [2.24, 2.45) is 0 Å². The molecular formula is C25H39AtN4O9S. The monoisotopic (exact) mass is 781 g/mol. The Bertz CT molecular complexity index is 920. The minimum atomic E-state index is -1.33. The zero-order valence-corrected chi connectivity index (χ0v) is 26.6. The molecule has 13 nitrogen and oxygen atoms in total. The molecule has 1 atom stereocenters. The van der Waals surface area contributed by atoms with Crippen LogP contribution in [0.25, 0.3) is 0 Å². The number of aldehydes is 1. The molecular weight excluding hydrogens is 742 g/mol. The number of amides is 4. The molecule has 0 saturated heterocycles. The standard InChI is InChI=1S/C16H23AtN2O2S.C8H12N2O6.CH4O/c1-3-4-10-18-15(20)9-11-19(2)16(21)12-13-5-7-14(22-17)8-6-13;11-4-3-9-8(16)10-5(7(14)15)1-2-6(12)13;1-2/h5-8H,3-4,9-12H2,1-2H3,(H,18,20);4-5H,1-3H2,(H,12,13)(H,14,15)(H2,9,10,16);2H,1H3. The Morgan fingerprint density at radius 3 is 2.17 bits per heavy atom. The molecule has 0 spiro atoms. The molecule has 0 aliphatic rings. The zero-order valence-electron chi connectivity index (χ0n) is 22.9. The average molecular weight is 782 g/mol. The Labute approximate surface area is 251 Å². The van der Waals surface area contributed by atoms with Crippen LogP contribution in [0.15, 0.2) is 29.2 Å². The molecule has 0 aliphatic heterocycles. The largest absolute Gasteiger partial charge is 0.481 e. The number of carbonyl (C=O) groups excluding carboxylic acids is 4. The summed E-state index contributed by atoms with van der Waals surface area (Å²) in [7, 11) is 4.49. The van der Waals surface area contributed by atoms with Gasteiger partial charge < -0.3 is 30.7 Å². The first-order valence-corrected chi connectivity index (χ1v) is 16.6. The second-order valence-electron chi connectivity index (χ2n) is 8.01. The Morgan fingerprint density at radius 2 is 1.68 bits per heavy atom. The average Bonchev–Trinajstić information content (AvgIpc) is 2.94. The van der Waals surface area contributed by atoms with Crippen molar-refractivity contribution in [2.45, 2.75) is 56.4 Å². The van der Waals surface area contributed by atoms with Crippen LogP contribution in [0.3, 0.4) is 0 Å². The molecule has 0 fully saturated rings. The molecule has 0 aromatic heterocycles. The van der Waals surface area contributed by atoms with Gasteiger partial charge in [0.25, 0.3) is 0 Å². The summed E-state index contributed by atoms with van der Waals surface area (Å²) in [6.45, 7) is 3.03. The first kappa shape index (κ1) is 39.4. The van der Waals surface area contributed by atoms with Crippen LogP contribution in [0.5, 0.6) is 0 Å². The molecule has 40 heavy (non-hydrogen) atoms. The van der Waals surface area contributed by atoms with Crippen LogP contribution in [0, 0.1) is 23.3 Å². The number of aliphatic hydroxyl groups excluding tert-OH is 1. The summed E-state index contributed by atoms with van der Waals surface area (Å²) >= 11 is 1.65. The van der Waals surface area contributed by atoms with Crippen molar-refractivity contribution in [3.8, 4) is 0 Å². The number of aliphatic carboxylic acids is 2. The van der Waals surface area contributed by atoms with Crippen molar-refractivity contribution in [3.05, 3.63) is 29.8 Å². The van der Waals surface area contributed by atoms with E-state index in [9.17, 15) is 28.8 Å². The van der Waals surface area contributed by atoms with Gasteiger partial charge in [0.05, 0.1) is 6.54 Å². The number of carboxylic acid groups (broad SMARTS) is 2. The van der Waals surface area contributed by atoms with Gasteiger partial charge in [0.2, 0.25) is 0 Å². The zero-order chi connectivity index (χ0) is 30.9. The third-order valence-corrected chi connectivity index (χ3v) is 7.44. The summed E-state index contributed by atoms with van der Waals surface area (Å²) in [4.78, 5) is 68.3. The first-order chi connectivity index (χ1) is 19.0. The quantitative estimate of drug-likeness (QED) is 0.104. The third-order valence-electron chi connectivity index (χ3n) is 4.92. The predicted octanol–water partition coefficient (Wildman–Crippen LogP) is 0.961. The summed E-state index contributed by atoms with van der Waals surface area (Å²) in [5.41, 5.74) is 1.01. The van der Waals surface area contributed by atoms with Gasteiger partial charge in [-0.15, -0.1) is 0 Å². The molecule has 15 heteroatoms. The molecule has 1 aromatic carbocycles. The number of aliphatic hydroxyl groups is 1. The van der Waals surface area contributed by atoms with Gasteiger partial charge in [-0.2, -0.15) is 0 Å². The van der Waals surface area contributed by atoms with Gasteiger partial charge in [-0.1, -0.05) is 13.3 Å². The molecule has 4 amide bonds. The molecule has 0 aliphatic carbocycles. The smallest absolute Gasteiger partial charge is 0.326 e. The molecule has 0 bridgehead atoms. The van der Waals surface area contributed by atoms with Gasteiger partial charge in [-0.3, -0.25) is 4.79 Å². The third kappa shape index (κ3) is 21.1. The summed E-state index contributed by atoms with van der Waals surface area (Å²) in [6, 6.07) is 5.93.